The van der Waals surface area contributed by atoms with Gasteiger partial charge in [0.2, 0.25) is 11.7 Å². The third kappa shape index (κ3) is 4.31. The predicted molar refractivity (Wildman–Crippen MR) is 95.6 cm³/mol. The van der Waals surface area contributed by atoms with Crippen LogP contribution in [0.2, 0.25) is 5.02 Å². The average molecular weight is 364 g/mol. The second-order valence-corrected chi connectivity index (χ2v) is 6.96. The molecule has 0 radical (unpaired) electrons. The first-order valence-corrected chi connectivity index (χ1v) is 9.03. The Balaban J connectivity index is 1.43. The summed E-state index contributed by atoms with van der Waals surface area (Å²) in [4.78, 5) is 39.7. The molecule has 1 saturated carbocycles. The van der Waals surface area contributed by atoms with E-state index in [0.29, 0.717) is 31.2 Å². The highest BCUT2D eigenvalue weighted by atomic mass is 35.5. The number of amides is 2. The smallest absolute Gasteiger partial charge is 0.288 e. The van der Waals surface area contributed by atoms with E-state index in [9.17, 15) is 14.4 Å². The average Bonchev–Trinajstić information content (AvgIpc) is 2.58. The maximum absolute atomic E-state index is 12.2. The topological polar surface area (TPSA) is 69.7 Å². The van der Waals surface area contributed by atoms with Gasteiger partial charge < -0.3 is 15.1 Å². The van der Waals surface area contributed by atoms with E-state index in [0.717, 1.165) is 24.9 Å². The minimum absolute atomic E-state index is 0.117. The highest BCUT2D eigenvalue weighted by Gasteiger charge is 2.30. The molecule has 1 aliphatic heterocycles. The number of hydrogen-bond acceptors (Lipinski definition) is 4. The zero-order valence-electron chi connectivity index (χ0n) is 14.0. The van der Waals surface area contributed by atoms with E-state index in [1.165, 1.54) is 0 Å². The van der Waals surface area contributed by atoms with Crippen molar-refractivity contribution in [3.8, 4) is 0 Å². The van der Waals surface area contributed by atoms with Crippen molar-refractivity contribution in [2.24, 2.45) is 5.92 Å². The third-order valence-corrected chi connectivity index (χ3v) is 5.14. The lowest BCUT2D eigenvalue weighted by Gasteiger charge is -2.36. The van der Waals surface area contributed by atoms with Crippen LogP contribution in [0.1, 0.15) is 19.3 Å². The molecule has 0 unspecified atom stereocenters. The number of nitrogens with zero attached hydrogens (tertiary/aromatic N) is 2. The first-order valence-electron chi connectivity index (χ1n) is 8.65. The van der Waals surface area contributed by atoms with Gasteiger partial charge in [0, 0.05) is 42.8 Å². The number of carbonyl (C=O) groups is 3. The molecular formula is C18H22ClN3O3. The Bertz CT molecular complexity index is 667. The van der Waals surface area contributed by atoms with Crippen LogP contribution in [0.25, 0.3) is 0 Å². The number of carbonyl (C=O) groups excluding carboxylic acids is 3. The number of anilines is 1. The molecule has 134 valence electrons. The molecule has 0 bridgehead atoms. The molecule has 25 heavy (non-hydrogen) atoms. The number of piperazine rings is 1. The van der Waals surface area contributed by atoms with Crippen molar-refractivity contribution in [1.29, 1.82) is 0 Å². The molecule has 2 aliphatic rings. The summed E-state index contributed by atoms with van der Waals surface area (Å²) < 4.78 is 0. The van der Waals surface area contributed by atoms with E-state index in [-0.39, 0.29) is 24.2 Å². The van der Waals surface area contributed by atoms with Crippen LogP contribution in [0.4, 0.5) is 5.69 Å². The predicted octanol–water partition coefficient (Wildman–Crippen LogP) is 1.47. The summed E-state index contributed by atoms with van der Waals surface area (Å²) in [5.41, 5.74) is 1.04. The molecule has 1 aromatic rings. The van der Waals surface area contributed by atoms with Crippen molar-refractivity contribution < 1.29 is 14.4 Å². The fraction of sp³-hybridized carbons (Fsp3) is 0.500. The van der Waals surface area contributed by atoms with Gasteiger partial charge in [-0.15, -0.1) is 0 Å². The lowest BCUT2D eigenvalue weighted by molar-refractivity contribution is -0.142. The van der Waals surface area contributed by atoms with Gasteiger partial charge in [-0.2, -0.15) is 0 Å². The van der Waals surface area contributed by atoms with E-state index in [4.69, 9.17) is 11.6 Å². The Morgan fingerprint density at radius 2 is 1.84 bits per heavy atom. The lowest BCUT2D eigenvalue weighted by Crippen LogP contribution is -2.52. The zero-order chi connectivity index (χ0) is 17.8. The molecular weight excluding hydrogens is 342 g/mol. The van der Waals surface area contributed by atoms with E-state index >= 15 is 0 Å². The molecule has 1 heterocycles. The maximum Gasteiger partial charge on any atom is 0.288 e. The fourth-order valence-corrected chi connectivity index (χ4v) is 3.28. The van der Waals surface area contributed by atoms with Gasteiger partial charge in [-0.05, 0) is 31.0 Å². The Kier molecular flexibility index (Phi) is 5.58. The van der Waals surface area contributed by atoms with E-state index in [2.05, 4.69) is 10.2 Å². The standard InChI is InChI=1S/C18H22ClN3O3/c19-14-5-2-6-15(11-14)21-7-9-22(10-8-21)16(23)12-20-18(25)17(24)13-3-1-4-13/h2,5-6,11,13H,1,3-4,7-10,12H2,(H,20,25). The molecule has 0 spiro atoms. The van der Waals surface area contributed by atoms with Crippen LogP contribution in [0.3, 0.4) is 0 Å². The quantitative estimate of drug-likeness (QED) is 0.804. The van der Waals surface area contributed by atoms with Crippen LogP contribution in [0, 0.1) is 5.92 Å². The molecule has 1 aliphatic carbocycles. The molecule has 2 fully saturated rings. The third-order valence-electron chi connectivity index (χ3n) is 4.91. The largest absolute Gasteiger partial charge is 0.368 e. The minimum atomic E-state index is -0.629. The summed E-state index contributed by atoms with van der Waals surface area (Å²) in [5.74, 6) is -1.31. The summed E-state index contributed by atoms with van der Waals surface area (Å²) in [6, 6.07) is 7.64. The van der Waals surface area contributed by atoms with E-state index in [1.807, 2.05) is 24.3 Å². The Morgan fingerprint density at radius 1 is 1.12 bits per heavy atom. The number of ketones is 1. The Hall–Kier alpha value is -2.08. The van der Waals surface area contributed by atoms with Gasteiger partial charge in [-0.3, -0.25) is 14.4 Å². The minimum Gasteiger partial charge on any atom is -0.368 e. The molecule has 7 heteroatoms. The van der Waals surface area contributed by atoms with Gasteiger partial charge in [0.1, 0.15) is 0 Å². The number of Topliss-reactive ketones (excluding diaryl/α,β-unsaturated/α-hetero) is 1. The van der Waals surface area contributed by atoms with Gasteiger partial charge >= 0.3 is 0 Å². The summed E-state index contributed by atoms with van der Waals surface area (Å²) in [7, 11) is 0. The highest BCUT2D eigenvalue weighted by Crippen LogP contribution is 2.27. The number of hydrogen-bond donors (Lipinski definition) is 1. The molecule has 3 rings (SSSR count). The van der Waals surface area contributed by atoms with Crippen LogP contribution in [-0.4, -0.2) is 55.2 Å². The SMILES string of the molecule is O=C(NCC(=O)N1CCN(c2cccc(Cl)c2)CC1)C(=O)C1CCC1. The van der Waals surface area contributed by atoms with E-state index in [1.54, 1.807) is 4.90 Å². The molecule has 0 aromatic heterocycles. The van der Waals surface area contributed by atoms with Gasteiger partial charge in [0.25, 0.3) is 5.91 Å². The monoisotopic (exact) mass is 363 g/mol. The molecule has 1 N–H and O–H groups in total. The number of rotatable bonds is 5. The van der Waals surface area contributed by atoms with Crippen molar-refractivity contribution in [3.05, 3.63) is 29.3 Å². The molecule has 6 nitrogen and oxygen atoms in total. The summed E-state index contributed by atoms with van der Waals surface area (Å²) >= 11 is 6.02. The summed E-state index contributed by atoms with van der Waals surface area (Å²) in [6.45, 7) is 2.46. The fourth-order valence-electron chi connectivity index (χ4n) is 3.10. The van der Waals surface area contributed by atoms with Crippen molar-refractivity contribution >= 4 is 34.9 Å². The van der Waals surface area contributed by atoms with Gasteiger partial charge in [0.15, 0.2) is 0 Å². The molecule has 0 atom stereocenters. The Morgan fingerprint density at radius 3 is 2.44 bits per heavy atom. The van der Waals surface area contributed by atoms with Crippen LogP contribution >= 0.6 is 11.6 Å². The highest BCUT2D eigenvalue weighted by molar-refractivity contribution is 6.37. The van der Waals surface area contributed by atoms with Crippen molar-refractivity contribution in [3.63, 3.8) is 0 Å². The van der Waals surface area contributed by atoms with Crippen molar-refractivity contribution in [2.45, 2.75) is 19.3 Å². The van der Waals surface area contributed by atoms with Gasteiger partial charge in [-0.25, -0.2) is 0 Å². The number of halogens is 1. The Labute approximate surface area is 152 Å². The first kappa shape index (κ1) is 17.7. The van der Waals surface area contributed by atoms with Crippen molar-refractivity contribution in [2.75, 3.05) is 37.6 Å². The van der Waals surface area contributed by atoms with E-state index < -0.39 is 5.91 Å². The van der Waals surface area contributed by atoms with Crippen LogP contribution in [0.15, 0.2) is 24.3 Å². The number of nitrogens with one attached hydrogen (secondary N) is 1. The van der Waals surface area contributed by atoms with Gasteiger partial charge in [0.05, 0.1) is 6.54 Å². The van der Waals surface area contributed by atoms with Gasteiger partial charge in [-0.1, -0.05) is 24.1 Å². The summed E-state index contributed by atoms with van der Waals surface area (Å²) in [6.07, 6.45) is 2.57. The molecule has 1 saturated heterocycles. The molecule has 2 amide bonds. The second kappa shape index (κ2) is 7.87. The van der Waals surface area contributed by atoms with Crippen LogP contribution in [-0.2, 0) is 14.4 Å². The normalized spacial score (nSPS) is 17.8. The lowest BCUT2D eigenvalue weighted by atomic mass is 9.82. The van der Waals surface area contributed by atoms with Crippen LogP contribution in [0.5, 0.6) is 0 Å². The first-order chi connectivity index (χ1) is 12.0. The second-order valence-electron chi connectivity index (χ2n) is 6.52. The number of benzene rings is 1. The maximum atomic E-state index is 12.2. The molecule has 1 aromatic carbocycles. The van der Waals surface area contributed by atoms with Crippen LogP contribution < -0.4 is 10.2 Å². The van der Waals surface area contributed by atoms with Crippen molar-refractivity contribution in [1.82, 2.24) is 10.2 Å². The summed E-state index contributed by atoms with van der Waals surface area (Å²) in [5, 5.41) is 3.16. The zero-order valence-corrected chi connectivity index (χ0v) is 14.8.